The van der Waals surface area contributed by atoms with Crippen molar-refractivity contribution < 1.29 is 18.7 Å². The second kappa shape index (κ2) is 9.60. The number of benzene rings is 2. The minimum absolute atomic E-state index is 0.0122. The molecule has 1 aliphatic rings. The number of fused-ring (bicyclic) bond motifs is 1. The molecule has 1 heterocycles. The molecule has 1 saturated carbocycles. The Bertz CT molecular complexity index is 1200. The van der Waals surface area contributed by atoms with E-state index in [0.29, 0.717) is 21.6 Å². The first-order valence-corrected chi connectivity index (χ1v) is 11.8. The van der Waals surface area contributed by atoms with Gasteiger partial charge in [-0.2, -0.15) is 0 Å². The van der Waals surface area contributed by atoms with Gasteiger partial charge in [-0.05, 0) is 54.9 Å². The Morgan fingerprint density at radius 1 is 1.06 bits per heavy atom. The molecule has 0 atom stereocenters. The van der Waals surface area contributed by atoms with Gasteiger partial charge in [0.15, 0.2) is 12.4 Å². The van der Waals surface area contributed by atoms with E-state index in [0.717, 1.165) is 31.2 Å². The number of carbonyl (C=O) groups excluding carboxylic acids is 1. The maximum atomic E-state index is 13.3. The van der Waals surface area contributed by atoms with Gasteiger partial charge in [0.1, 0.15) is 11.7 Å². The molecule has 1 aromatic heterocycles. The summed E-state index contributed by atoms with van der Waals surface area (Å²) in [5.41, 5.74) is 1.85. The Morgan fingerprint density at radius 2 is 1.76 bits per heavy atom. The third-order valence-electron chi connectivity index (χ3n) is 6.01. The Hall–Kier alpha value is -2.79. The van der Waals surface area contributed by atoms with E-state index < -0.39 is 5.97 Å². The van der Waals surface area contributed by atoms with Gasteiger partial charge in [0.2, 0.25) is 11.2 Å². The van der Waals surface area contributed by atoms with Crippen molar-refractivity contribution in [3.8, 4) is 17.1 Å². The zero-order valence-corrected chi connectivity index (χ0v) is 20.0. The summed E-state index contributed by atoms with van der Waals surface area (Å²) < 4.78 is 17.4. The molecule has 0 aliphatic heterocycles. The molecule has 0 spiro atoms. The molecule has 0 amide bonds. The number of halogens is 1. The van der Waals surface area contributed by atoms with E-state index in [1.807, 2.05) is 24.3 Å². The fraction of sp³-hybridized carbons (Fsp3) is 0.407. The minimum atomic E-state index is -0.485. The number of hydrogen-bond donors (Lipinski definition) is 0. The summed E-state index contributed by atoms with van der Waals surface area (Å²) in [6.45, 7) is 6.04. The lowest BCUT2D eigenvalue weighted by Crippen LogP contribution is -2.25. The molecular formula is C27H29ClO5. The van der Waals surface area contributed by atoms with Crippen LogP contribution in [-0.2, 0) is 14.9 Å². The molecule has 6 heteroatoms. The fourth-order valence-corrected chi connectivity index (χ4v) is 4.30. The largest absolute Gasteiger partial charge is 0.474 e. The van der Waals surface area contributed by atoms with Crippen LogP contribution in [0.5, 0.6) is 5.75 Å². The zero-order chi connectivity index (χ0) is 23.6. The van der Waals surface area contributed by atoms with E-state index in [-0.39, 0.29) is 35.1 Å². The van der Waals surface area contributed by atoms with Gasteiger partial charge in [0.05, 0.1) is 5.39 Å². The normalized spacial score (nSPS) is 14.9. The van der Waals surface area contributed by atoms with E-state index in [1.54, 1.807) is 18.2 Å². The number of carbonyl (C=O) groups is 1. The van der Waals surface area contributed by atoms with Crippen molar-refractivity contribution in [2.75, 3.05) is 6.61 Å². The van der Waals surface area contributed by atoms with Crippen LogP contribution in [0.1, 0.15) is 58.4 Å². The lowest BCUT2D eigenvalue weighted by Gasteiger charge is -2.22. The molecule has 0 radical (unpaired) electrons. The predicted molar refractivity (Wildman–Crippen MR) is 130 cm³/mol. The van der Waals surface area contributed by atoms with E-state index in [1.165, 1.54) is 6.42 Å². The number of ether oxygens (including phenoxy) is 2. The standard InChI is InChI=1S/C27H29ClO5/c1-27(2,3)18-11-9-17(10-12-18)25-26(24(30)21-15-19(28)13-14-22(21)33-25)31-16-23(29)32-20-7-5-4-6-8-20/h9-15,20H,4-8,16H2,1-3H3. The van der Waals surface area contributed by atoms with Crippen LogP contribution in [0.3, 0.4) is 0 Å². The third-order valence-corrected chi connectivity index (χ3v) is 6.24. The predicted octanol–water partition coefficient (Wildman–Crippen LogP) is 6.67. The fourth-order valence-electron chi connectivity index (χ4n) is 4.13. The molecule has 3 aromatic rings. The van der Waals surface area contributed by atoms with Crippen LogP contribution in [0.25, 0.3) is 22.3 Å². The van der Waals surface area contributed by atoms with Crippen LogP contribution in [0, 0.1) is 0 Å². The van der Waals surface area contributed by atoms with Crippen LogP contribution >= 0.6 is 11.6 Å². The second-order valence-corrected chi connectivity index (χ2v) is 10.0. The van der Waals surface area contributed by atoms with E-state index in [2.05, 4.69) is 20.8 Å². The topological polar surface area (TPSA) is 65.7 Å². The summed E-state index contributed by atoms with van der Waals surface area (Å²) in [4.78, 5) is 25.7. The minimum Gasteiger partial charge on any atom is -0.474 e. The van der Waals surface area contributed by atoms with Crippen LogP contribution in [-0.4, -0.2) is 18.7 Å². The molecule has 0 N–H and O–H groups in total. The van der Waals surface area contributed by atoms with Crippen molar-refractivity contribution >= 4 is 28.5 Å². The Kier molecular flexibility index (Phi) is 6.80. The summed E-state index contributed by atoms with van der Waals surface area (Å²) in [5.74, 6) is -0.226. The summed E-state index contributed by atoms with van der Waals surface area (Å²) in [6.07, 6.45) is 4.95. The molecule has 2 aromatic carbocycles. The van der Waals surface area contributed by atoms with Crippen LogP contribution in [0.4, 0.5) is 0 Å². The zero-order valence-electron chi connectivity index (χ0n) is 19.3. The second-order valence-electron chi connectivity index (χ2n) is 9.60. The first-order chi connectivity index (χ1) is 15.7. The van der Waals surface area contributed by atoms with Crippen molar-refractivity contribution in [2.24, 2.45) is 0 Å². The Morgan fingerprint density at radius 3 is 2.42 bits per heavy atom. The maximum Gasteiger partial charge on any atom is 0.344 e. The Labute approximate surface area is 198 Å². The first kappa shape index (κ1) is 23.4. The van der Waals surface area contributed by atoms with Crippen molar-refractivity contribution in [3.63, 3.8) is 0 Å². The highest BCUT2D eigenvalue weighted by molar-refractivity contribution is 6.31. The van der Waals surface area contributed by atoms with Gasteiger partial charge >= 0.3 is 5.97 Å². The van der Waals surface area contributed by atoms with E-state index in [4.69, 9.17) is 25.5 Å². The highest BCUT2D eigenvalue weighted by atomic mass is 35.5. The monoisotopic (exact) mass is 468 g/mol. The molecule has 1 fully saturated rings. The van der Waals surface area contributed by atoms with E-state index in [9.17, 15) is 9.59 Å². The van der Waals surface area contributed by atoms with Gasteiger partial charge in [0.25, 0.3) is 0 Å². The summed E-state index contributed by atoms with van der Waals surface area (Å²) in [7, 11) is 0. The highest BCUT2D eigenvalue weighted by Gasteiger charge is 2.22. The molecule has 174 valence electrons. The number of esters is 1. The summed E-state index contributed by atoms with van der Waals surface area (Å²) in [6, 6.07) is 12.7. The quantitative estimate of drug-likeness (QED) is 0.391. The Balaban J connectivity index is 1.67. The maximum absolute atomic E-state index is 13.3. The number of rotatable bonds is 5. The lowest BCUT2D eigenvalue weighted by molar-refractivity contribution is -0.152. The number of hydrogen-bond acceptors (Lipinski definition) is 5. The molecule has 5 nitrogen and oxygen atoms in total. The SMILES string of the molecule is CC(C)(C)c1ccc(-c2oc3ccc(Cl)cc3c(=O)c2OCC(=O)OC2CCCCC2)cc1. The molecule has 33 heavy (non-hydrogen) atoms. The van der Waals surface area contributed by atoms with Gasteiger partial charge in [-0.1, -0.05) is 63.1 Å². The molecule has 1 aliphatic carbocycles. The van der Waals surface area contributed by atoms with Crippen LogP contribution in [0.2, 0.25) is 5.02 Å². The average molecular weight is 469 g/mol. The van der Waals surface area contributed by atoms with Crippen LogP contribution in [0.15, 0.2) is 51.7 Å². The lowest BCUT2D eigenvalue weighted by atomic mass is 9.86. The van der Waals surface area contributed by atoms with Gasteiger partial charge in [-0.3, -0.25) is 4.79 Å². The molecule has 4 rings (SSSR count). The third kappa shape index (κ3) is 5.41. The van der Waals surface area contributed by atoms with Gasteiger partial charge in [-0.25, -0.2) is 4.79 Å². The van der Waals surface area contributed by atoms with Crippen molar-refractivity contribution in [1.29, 1.82) is 0 Å². The summed E-state index contributed by atoms with van der Waals surface area (Å²) >= 11 is 6.10. The van der Waals surface area contributed by atoms with Crippen molar-refractivity contribution in [2.45, 2.75) is 64.4 Å². The van der Waals surface area contributed by atoms with Gasteiger partial charge in [-0.15, -0.1) is 0 Å². The smallest absolute Gasteiger partial charge is 0.344 e. The molecule has 0 saturated heterocycles. The van der Waals surface area contributed by atoms with E-state index >= 15 is 0 Å². The van der Waals surface area contributed by atoms with Gasteiger partial charge in [0, 0.05) is 10.6 Å². The molecule has 0 unspecified atom stereocenters. The highest BCUT2D eigenvalue weighted by Crippen LogP contribution is 2.33. The molecular weight excluding hydrogens is 440 g/mol. The molecule has 0 bridgehead atoms. The first-order valence-electron chi connectivity index (χ1n) is 11.4. The van der Waals surface area contributed by atoms with Crippen molar-refractivity contribution in [3.05, 3.63) is 63.3 Å². The average Bonchev–Trinajstić information content (AvgIpc) is 2.79. The van der Waals surface area contributed by atoms with Crippen molar-refractivity contribution in [1.82, 2.24) is 0 Å². The summed E-state index contributed by atoms with van der Waals surface area (Å²) in [5, 5.41) is 0.716. The van der Waals surface area contributed by atoms with Gasteiger partial charge < -0.3 is 13.9 Å². The van der Waals surface area contributed by atoms with Crippen LogP contribution < -0.4 is 10.2 Å².